The van der Waals surface area contributed by atoms with Crippen LogP contribution in [0.2, 0.25) is 0 Å². The van der Waals surface area contributed by atoms with Crippen LogP contribution in [-0.2, 0) is 9.53 Å². The fourth-order valence-corrected chi connectivity index (χ4v) is 2.40. The van der Waals surface area contributed by atoms with Crippen LogP contribution in [0.25, 0.3) is 0 Å². The number of rotatable bonds is 7. The van der Waals surface area contributed by atoms with Gasteiger partial charge >= 0.3 is 5.97 Å². The van der Waals surface area contributed by atoms with Crippen LogP contribution in [0.5, 0.6) is 0 Å². The number of anilines is 2. The Hall–Kier alpha value is -3.40. The topological polar surface area (TPSA) is 73.6 Å². The minimum Gasteiger partial charge on any atom is -0.452 e. The van der Waals surface area contributed by atoms with Crippen molar-refractivity contribution >= 4 is 23.3 Å². The highest BCUT2D eigenvalue weighted by Gasteiger charge is 2.20. The molecule has 2 rings (SSSR count). The number of carbonyl (C=O) groups excluding carboxylic acids is 2. The van der Waals surface area contributed by atoms with E-state index in [1.165, 1.54) is 18.2 Å². The maximum atomic E-state index is 14.0. The maximum absolute atomic E-state index is 14.0. The van der Waals surface area contributed by atoms with Crippen molar-refractivity contribution in [3.63, 3.8) is 0 Å². The van der Waals surface area contributed by atoms with Crippen molar-refractivity contribution in [3.05, 3.63) is 59.9 Å². The quantitative estimate of drug-likeness (QED) is 0.702. The molecule has 2 aromatic rings. The summed E-state index contributed by atoms with van der Waals surface area (Å²) in [6.45, 7) is -0.542. The van der Waals surface area contributed by atoms with E-state index in [-0.39, 0.29) is 18.7 Å². The summed E-state index contributed by atoms with van der Waals surface area (Å²) in [5.74, 6) is -1.84. The van der Waals surface area contributed by atoms with E-state index in [1.807, 2.05) is 25.1 Å². The molecular formula is C20H20FN3O3. The van der Waals surface area contributed by atoms with Gasteiger partial charge in [0.2, 0.25) is 0 Å². The molecule has 140 valence electrons. The van der Waals surface area contributed by atoms with E-state index < -0.39 is 24.3 Å². The Morgan fingerprint density at radius 3 is 2.37 bits per heavy atom. The largest absolute Gasteiger partial charge is 0.452 e. The monoisotopic (exact) mass is 369 g/mol. The zero-order valence-corrected chi connectivity index (χ0v) is 15.2. The average Bonchev–Trinajstić information content (AvgIpc) is 2.67. The molecule has 2 aromatic carbocycles. The molecule has 0 aliphatic rings. The van der Waals surface area contributed by atoms with Gasteiger partial charge in [-0.1, -0.05) is 12.1 Å². The number of hydrogen-bond donors (Lipinski definition) is 0. The van der Waals surface area contributed by atoms with Crippen molar-refractivity contribution in [2.45, 2.75) is 6.42 Å². The molecule has 7 heteroatoms. The van der Waals surface area contributed by atoms with Crippen molar-refractivity contribution in [1.29, 1.82) is 5.26 Å². The average molecular weight is 369 g/mol. The molecule has 0 unspecified atom stereocenters. The van der Waals surface area contributed by atoms with Gasteiger partial charge in [-0.15, -0.1) is 0 Å². The van der Waals surface area contributed by atoms with Crippen LogP contribution in [0.3, 0.4) is 0 Å². The summed E-state index contributed by atoms with van der Waals surface area (Å²) in [4.78, 5) is 27.6. The first-order valence-electron chi connectivity index (χ1n) is 8.30. The Bertz CT molecular complexity index is 844. The minimum atomic E-state index is -0.651. The fraction of sp³-hybridized carbons (Fsp3) is 0.250. The predicted molar refractivity (Wildman–Crippen MR) is 100 cm³/mol. The third kappa shape index (κ3) is 5.28. The molecule has 27 heavy (non-hydrogen) atoms. The number of ether oxygens (including phenoxy) is 1. The van der Waals surface area contributed by atoms with E-state index in [0.717, 1.165) is 10.6 Å². The second-order valence-corrected chi connectivity index (χ2v) is 5.92. The molecular weight excluding hydrogens is 349 g/mol. The van der Waals surface area contributed by atoms with Gasteiger partial charge in [0.05, 0.1) is 23.7 Å². The van der Waals surface area contributed by atoms with E-state index in [4.69, 9.17) is 10.00 Å². The molecule has 0 atom stereocenters. The Morgan fingerprint density at radius 1 is 1.11 bits per heavy atom. The first kappa shape index (κ1) is 19.9. The van der Waals surface area contributed by atoms with Crippen LogP contribution in [0.4, 0.5) is 15.8 Å². The number of nitrogens with zero attached hydrogens (tertiary/aromatic N) is 3. The highest BCUT2D eigenvalue weighted by atomic mass is 19.1. The van der Waals surface area contributed by atoms with Gasteiger partial charge in [-0.2, -0.15) is 5.26 Å². The van der Waals surface area contributed by atoms with Crippen molar-refractivity contribution in [2.24, 2.45) is 0 Å². The fourth-order valence-electron chi connectivity index (χ4n) is 2.40. The summed E-state index contributed by atoms with van der Waals surface area (Å²) >= 11 is 0. The second-order valence-electron chi connectivity index (χ2n) is 5.92. The van der Waals surface area contributed by atoms with Gasteiger partial charge in [-0.3, -0.25) is 4.79 Å². The normalized spacial score (nSPS) is 10.0. The number of amides is 1. The molecule has 0 heterocycles. The number of nitriles is 1. The van der Waals surface area contributed by atoms with E-state index in [9.17, 15) is 14.0 Å². The lowest BCUT2D eigenvalue weighted by molar-refractivity contribution is -0.121. The highest BCUT2D eigenvalue weighted by Crippen LogP contribution is 2.19. The van der Waals surface area contributed by atoms with E-state index in [0.29, 0.717) is 5.56 Å². The molecule has 0 radical (unpaired) electrons. The molecule has 0 saturated heterocycles. The number of hydrogen-bond acceptors (Lipinski definition) is 5. The first-order chi connectivity index (χ1) is 12.9. The highest BCUT2D eigenvalue weighted by molar-refractivity contribution is 5.97. The smallest absolute Gasteiger partial charge is 0.338 e. The number of halogens is 1. The van der Waals surface area contributed by atoms with Gasteiger partial charge in [0.1, 0.15) is 5.82 Å². The van der Waals surface area contributed by atoms with Gasteiger partial charge in [0.15, 0.2) is 6.61 Å². The van der Waals surface area contributed by atoms with E-state index in [1.54, 1.807) is 30.3 Å². The standard InChI is InChI=1S/C20H20FN3O3/c1-23(2)16-10-8-15(9-11-16)20(26)27-14-19(25)24(13-5-12-22)18-7-4-3-6-17(18)21/h3-4,6-11H,5,13-14H2,1-2H3. The van der Waals surface area contributed by atoms with Crippen molar-refractivity contribution < 1.29 is 18.7 Å². The number of esters is 1. The SMILES string of the molecule is CN(C)c1ccc(C(=O)OCC(=O)N(CCC#N)c2ccccc2F)cc1. The number of carbonyl (C=O) groups is 2. The number of para-hydroxylation sites is 1. The summed E-state index contributed by atoms with van der Waals surface area (Å²) in [7, 11) is 3.76. The van der Waals surface area contributed by atoms with Gasteiger partial charge in [-0.05, 0) is 36.4 Å². The molecule has 0 spiro atoms. The molecule has 0 aliphatic heterocycles. The predicted octanol–water partition coefficient (Wildman–Crippen LogP) is 3.00. The molecule has 0 saturated carbocycles. The molecule has 1 amide bonds. The minimum absolute atomic E-state index is 0.00531. The maximum Gasteiger partial charge on any atom is 0.338 e. The zero-order valence-electron chi connectivity index (χ0n) is 15.2. The van der Waals surface area contributed by atoms with Gasteiger partial charge in [0.25, 0.3) is 5.91 Å². The zero-order chi connectivity index (χ0) is 19.8. The number of benzene rings is 2. The molecule has 0 bridgehead atoms. The van der Waals surface area contributed by atoms with Crippen LogP contribution >= 0.6 is 0 Å². The second kappa shape index (κ2) is 9.34. The van der Waals surface area contributed by atoms with E-state index in [2.05, 4.69) is 0 Å². The lowest BCUT2D eigenvalue weighted by Gasteiger charge is -2.22. The van der Waals surface area contributed by atoms with Crippen molar-refractivity contribution in [1.82, 2.24) is 0 Å². The van der Waals surface area contributed by atoms with Gasteiger partial charge in [0, 0.05) is 26.3 Å². The van der Waals surface area contributed by atoms with Crippen LogP contribution in [0.15, 0.2) is 48.5 Å². The van der Waals surface area contributed by atoms with Crippen LogP contribution in [-0.4, -0.2) is 39.1 Å². The molecule has 6 nitrogen and oxygen atoms in total. The molecule has 0 aromatic heterocycles. The lowest BCUT2D eigenvalue weighted by atomic mass is 10.2. The van der Waals surface area contributed by atoms with Crippen LogP contribution in [0, 0.1) is 17.1 Å². The summed E-state index contributed by atoms with van der Waals surface area (Å²) in [6.07, 6.45) is 0.0278. The van der Waals surface area contributed by atoms with Crippen LogP contribution in [0.1, 0.15) is 16.8 Å². The summed E-state index contributed by atoms with van der Waals surface area (Å²) < 4.78 is 19.1. The van der Waals surface area contributed by atoms with Gasteiger partial charge < -0.3 is 14.5 Å². The van der Waals surface area contributed by atoms with Crippen molar-refractivity contribution in [3.8, 4) is 6.07 Å². The summed E-state index contributed by atoms with van der Waals surface area (Å²) in [5.41, 5.74) is 1.27. The van der Waals surface area contributed by atoms with Crippen LogP contribution < -0.4 is 9.80 Å². The van der Waals surface area contributed by atoms with Crippen molar-refractivity contribution in [2.75, 3.05) is 37.0 Å². The molecule has 0 aliphatic carbocycles. The first-order valence-corrected chi connectivity index (χ1v) is 8.30. The molecule has 0 fully saturated rings. The lowest BCUT2D eigenvalue weighted by Crippen LogP contribution is -2.36. The summed E-state index contributed by atoms with van der Waals surface area (Å²) in [6, 6.07) is 14.4. The Labute approximate surface area is 157 Å². The third-order valence-corrected chi connectivity index (χ3v) is 3.84. The van der Waals surface area contributed by atoms with E-state index >= 15 is 0 Å². The Balaban J connectivity index is 2.05. The Kier molecular flexibility index (Phi) is 6.89. The Morgan fingerprint density at radius 2 is 1.78 bits per heavy atom. The molecule has 0 N–H and O–H groups in total. The summed E-state index contributed by atoms with van der Waals surface area (Å²) in [5, 5.41) is 8.77. The van der Waals surface area contributed by atoms with Gasteiger partial charge in [-0.25, -0.2) is 9.18 Å². The third-order valence-electron chi connectivity index (χ3n) is 3.84.